The highest BCUT2D eigenvalue weighted by Crippen LogP contribution is 2.26. The Morgan fingerprint density at radius 1 is 1.06 bits per heavy atom. The van der Waals surface area contributed by atoms with Crippen molar-refractivity contribution in [2.24, 2.45) is 5.73 Å². The van der Waals surface area contributed by atoms with Crippen LogP contribution in [0.15, 0.2) is 48.7 Å². The van der Waals surface area contributed by atoms with Crippen molar-refractivity contribution in [1.82, 2.24) is 4.98 Å². The van der Waals surface area contributed by atoms with Crippen LogP contribution in [0.3, 0.4) is 0 Å². The van der Waals surface area contributed by atoms with Gasteiger partial charge in [-0.05, 0) is 17.5 Å². The fourth-order valence-corrected chi connectivity index (χ4v) is 2.11. The molecule has 0 saturated heterocycles. The van der Waals surface area contributed by atoms with Crippen LogP contribution < -0.4 is 5.73 Å². The second kappa shape index (κ2) is 3.56. The number of rotatable bonds is 1. The standard InChI is InChI=1S/C14H10N2O/c15-14(17)11-6-3-7-12-13(11)10-5-2-1-4-9(10)8-16-12/h1-8H,(H2,15,17). The molecule has 0 aliphatic heterocycles. The summed E-state index contributed by atoms with van der Waals surface area (Å²) in [6, 6.07) is 13.3. The highest BCUT2D eigenvalue weighted by atomic mass is 16.1. The van der Waals surface area contributed by atoms with Crippen LogP contribution in [0.25, 0.3) is 21.7 Å². The highest BCUT2D eigenvalue weighted by molar-refractivity contribution is 6.15. The summed E-state index contributed by atoms with van der Waals surface area (Å²) in [6.45, 7) is 0. The molecule has 0 aliphatic rings. The van der Waals surface area contributed by atoms with Gasteiger partial charge in [-0.1, -0.05) is 30.3 Å². The van der Waals surface area contributed by atoms with Gasteiger partial charge < -0.3 is 5.73 Å². The number of hydrogen-bond donors (Lipinski definition) is 1. The van der Waals surface area contributed by atoms with Gasteiger partial charge in [0.05, 0.1) is 5.52 Å². The largest absolute Gasteiger partial charge is 0.366 e. The van der Waals surface area contributed by atoms with Gasteiger partial charge in [0, 0.05) is 22.5 Å². The summed E-state index contributed by atoms with van der Waals surface area (Å²) >= 11 is 0. The van der Waals surface area contributed by atoms with Crippen molar-refractivity contribution in [3.63, 3.8) is 0 Å². The normalized spacial score (nSPS) is 10.8. The van der Waals surface area contributed by atoms with Crippen LogP contribution in [0.1, 0.15) is 10.4 Å². The number of carbonyl (C=O) groups excluding carboxylic acids is 1. The number of fused-ring (bicyclic) bond motifs is 3. The summed E-state index contributed by atoms with van der Waals surface area (Å²) in [5.74, 6) is -0.422. The molecule has 2 aromatic carbocycles. The molecule has 0 saturated carbocycles. The summed E-state index contributed by atoms with van der Waals surface area (Å²) < 4.78 is 0. The van der Waals surface area contributed by atoms with Crippen molar-refractivity contribution >= 4 is 27.6 Å². The van der Waals surface area contributed by atoms with Crippen molar-refractivity contribution in [2.45, 2.75) is 0 Å². The molecular weight excluding hydrogens is 212 g/mol. The number of aromatic nitrogens is 1. The lowest BCUT2D eigenvalue weighted by Gasteiger charge is -2.06. The van der Waals surface area contributed by atoms with Gasteiger partial charge in [-0.2, -0.15) is 0 Å². The molecule has 0 aliphatic carbocycles. The van der Waals surface area contributed by atoms with E-state index in [1.54, 1.807) is 12.1 Å². The van der Waals surface area contributed by atoms with Gasteiger partial charge in [-0.15, -0.1) is 0 Å². The summed E-state index contributed by atoms with van der Waals surface area (Å²) in [4.78, 5) is 15.8. The molecule has 17 heavy (non-hydrogen) atoms. The van der Waals surface area contributed by atoms with E-state index in [2.05, 4.69) is 4.98 Å². The maximum Gasteiger partial charge on any atom is 0.249 e. The smallest absolute Gasteiger partial charge is 0.249 e. The molecule has 3 nitrogen and oxygen atoms in total. The van der Waals surface area contributed by atoms with E-state index in [0.717, 1.165) is 21.7 Å². The Bertz CT molecular complexity index is 734. The topological polar surface area (TPSA) is 56.0 Å². The van der Waals surface area contributed by atoms with Crippen LogP contribution in [0, 0.1) is 0 Å². The van der Waals surface area contributed by atoms with Gasteiger partial charge >= 0.3 is 0 Å². The first-order chi connectivity index (χ1) is 8.27. The molecule has 82 valence electrons. The lowest BCUT2D eigenvalue weighted by Crippen LogP contribution is -2.11. The summed E-state index contributed by atoms with van der Waals surface area (Å²) in [5, 5.41) is 2.85. The molecule has 0 atom stereocenters. The van der Waals surface area contributed by atoms with E-state index < -0.39 is 5.91 Å². The maximum absolute atomic E-state index is 11.5. The number of nitrogens with zero attached hydrogens (tertiary/aromatic N) is 1. The number of amides is 1. The molecule has 1 amide bonds. The van der Waals surface area contributed by atoms with E-state index in [9.17, 15) is 4.79 Å². The predicted molar refractivity (Wildman–Crippen MR) is 67.8 cm³/mol. The number of hydrogen-bond acceptors (Lipinski definition) is 2. The fourth-order valence-electron chi connectivity index (χ4n) is 2.11. The van der Waals surface area contributed by atoms with Crippen LogP contribution in [0.2, 0.25) is 0 Å². The third-order valence-electron chi connectivity index (χ3n) is 2.88. The zero-order valence-electron chi connectivity index (χ0n) is 9.05. The van der Waals surface area contributed by atoms with E-state index >= 15 is 0 Å². The third-order valence-corrected chi connectivity index (χ3v) is 2.88. The first kappa shape index (κ1) is 9.78. The Morgan fingerprint density at radius 3 is 2.71 bits per heavy atom. The van der Waals surface area contributed by atoms with Crippen LogP contribution in [-0.2, 0) is 0 Å². The Balaban J connectivity index is 2.59. The number of pyridine rings is 1. The number of primary amides is 1. The summed E-state index contributed by atoms with van der Waals surface area (Å²) in [7, 11) is 0. The molecule has 3 rings (SSSR count). The number of benzene rings is 2. The zero-order chi connectivity index (χ0) is 11.8. The minimum Gasteiger partial charge on any atom is -0.366 e. The molecule has 1 heterocycles. The minimum absolute atomic E-state index is 0.422. The molecule has 0 spiro atoms. The van der Waals surface area contributed by atoms with Crippen LogP contribution in [0.5, 0.6) is 0 Å². The second-order valence-corrected chi connectivity index (χ2v) is 3.91. The van der Waals surface area contributed by atoms with Crippen molar-refractivity contribution < 1.29 is 4.79 Å². The van der Waals surface area contributed by atoms with Gasteiger partial charge in [0.25, 0.3) is 0 Å². The van der Waals surface area contributed by atoms with Gasteiger partial charge in [0.2, 0.25) is 5.91 Å². The zero-order valence-corrected chi connectivity index (χ0v) is 9.05. The van der Waals surface area contributed by atoms with Crippen molar-refractivity contribution in [3.8, 4) is 0 Å². The highest BCUT2D eigenvalue weighted by Gasteiger charge is 2.09. The van der Waals surface area contributed by atoms with Gasteiger partial charge in [0.15, 0.2) is 0 Å². The molecule has 0 unspecified atom stereocenters. The Labute approximate surface area is 97.9 Å². The van der Waals surface area contributed by atoms with Crippen LogP contribution in [-0.4, -0.2) is 10.9 Å². The lowest BCUT2D eigenvalue weighted by molar-refractivity contribution is 0.100. The Hall–Kier alpha value is -2.42. The molecule has 3 aromatic rings. The van der Waals surface area contributed by atoms with E-state index in [4.69, 9.17) is 5.73 Å². The molecule has 0 fully saturated rings. The van der Waals surface area contributed by atoms with Gasteiger partial charge in [0.1, 0.15) is 0 Å². The summed E-state index contributed by atoms with van der Waals surface area (Å²) in [5.41, 5.74) is 6.72. The quantitative estimate of drug-likeness (QED) is 0.643. The maximum atomic E-state index is 11.5. The SMILES string of the molecule is NC(=O)c1cccc2ncc3ccccc3c12. The van der Waals surface area contributed by atoms with Crippen molar-refractivity contribution in [2.75, 3.05) is 0 Å². The Morgan fingerprint density at radius 2 is 1.88 bits per heavy atom. The van der Waals surface area contributed by atoms with Crippen LogP contribution >= 0.6 is 0 Å². The van der Waals surface area contributed by atoms with Crippen molar-refractivity contribution in [3.05, 3.63) is 54.2 Å². The average molecular weight is 222 g/mol. The second-order valence-electron chi connectivity index (χ2n) is 3.91. The first-order valence-corrected chi connectivity index (χ1v) is 5.33. The molecule has 1 aromatic heterocycles. The van der Waals surface area contributed by atoms with E-state index in [0.29, 0.717) is 5.56 Å². The van der Waals surface area contributed by atoms with Gasteiger partial charge in [-0.25, -0.2) is 0 Å². The van der Waals surface area contributed by atoms with Gasteiger partial charge in [-0.3, -0.25) is 9.78 Å². The van der Waals surface area contributed by atoms with Crippen molar-refractivity contribution in [1.29, 1.82) is 0 Å². The summed E-state index contributed by atoms with van der Waals surface area (Å²) in [6.07, 6.45) is 1.81. The van der Waals surface area contributed by atoms with Crippen LogP contribution in [0.4, 0.5) is 0 Å². The average Bonchev–Trinajstić information content (AvgIpc) is 2.37. The fraction of sp³-hybridized carbons (Fsp3) is 0. The predicted octanol–water partition coefficient (Wildman–Crippen LogP) is 2.49. The molecule has 3 heteroatoms. The minimum atomic E-state index is -0.422. The lowest BCUT2D eigenvalue weighted by atomic mass is 10.0. The molecule has 2 N–H and O–H groups in total. The van der Waals surface area contributed by atoms with E-state index in [-0.39, 0.29) is 0 Å². The number of nitrogens with two attached hydrogens (primary N) is 1. The molecular formula is C14H10N2O. The molecule has 0 bridgehead atoms. The Kier molecular flexibility index (Phi) is 2.05. The molecule has 0 radical (unpaired) electrons. The van der Waals surface area contributed by atoms with E-state index in [1.807, 2.05) is 36.5 Å². The third kappa shape index (κ3) is 1.44. The van der Waals surface area contributed by atoms with E-state index in [1.165, 1.54) is 0 Å². The number of carbonyl (C=O) groups is 1. The first-order valence-electron chi connectivity index (χ1n) is 5.33. The monoisotopic (exact) mass is 222 g/mol.